The molecular formula is C29H27BrN2O4. The van der Waals surface area contributed by atoms with Gasteiger partial charge in [0.1, 0.15) is 6.10 Å². The van der Waals surface area contributed by atoms with Crippen LogP contribution >= 0.6 is 15.9 Å². The molecule has 4 rings (SSSR count). The number of nitriles is 1. The van der Waals surface area contributed by atoms with Gasteiger partial charge in [-0.2, -0.15) is 5.26 Å². The summed E-state index contributed by atoms with van der Waals surface area (Å²) in [6.07, 6.45) is 0.601. The van der Waals surface area contributed by atoms with Crippen molar-refractivity contribution in [3.05, 3.63) is 94.0 Å². The van der Waals surface area contributed by atoms with Crippen LogP contribution in [0.1, 0.15) is 42.1 Å². The van der Waals surface area contributed by atoms with Crippen LogP contribution in [-0.4, -0.2) is 39.6 Å². The third kappa shape index (κ3) is 5.84. The molecule has 0 bridgehead atoms. The van der Waals surface area contributed by atoms with E-state index in [0.29, 0.717) is 28.6 Å². The van der Waals surface area contributed by atoms with Crippen molar-refractivity contribution in [1.29, 1.82) is 5.26 Å². The number of halogens is 1. The summed E-state index contributed by atoms with van der Waals surface area (Å²) in [4.78, 5) is 26.2. The number of nitrogens with zero attached hydrogens (tertiary/aromatic N) is 2. The fraction of sp³-hybridized carbons (Fsp3) is 0.276. The lowest BCUT2D eigenvalue weighted by Crippen LogP contribution is -2.38. The molecule has 1 fully saturated rings. The number of hydrogen-bond acceptors (Lipinski definition) is 4. The average molecular weight is 547 g/mol. The van der Waals surface area contributed by atoms with E-state index in [0.717, 1.165) is 24.0 Å². The number of aliphatic hydroxyl groups excluding tert-OH is 1. The molecule has 1 unspecified atom stereocenters. The Bertz CT molecular complexity index is 1270. The Balaban J connectivity index is 1.53. The first-order valence-corrected chi connectivity index (χ1v) is 12.7. The van der Waals surface area contributed by atoms with Gasteiger partial charge in [0.2, 0.25) is 5.91 Å². The topological polar surface area (TPSA) is 102 Å². The number of carboxylic acids is 1. The van der Waals surface area contributed by atoms with Gasteiger partial charge in [0.05, 0.1) is 30.0 Å². The number of amides is 1. The number of aliphatic hydroxyl groups is 1. The van der Waals surface area contributed by atoms with Crippen molar-refractivity contribution < 1.29 is 19.8 Å². The maximum atomic E-state index is 13.1. The molecule has 2 N–H and O–H groups in total. The standard InChI is InChI=1S/C29H27BrN2O4/c30-25-15-22(21-10-8-20(18-31)9-11-21)12-13-24(25)28(35)26-16-23(17-27(33)34)29(36)32(26)14-4-7-19-5-2-1-3-6-19/h1-3,5-6,8-13,15,23,26,28,35H,4,7,14,16-17H2,(H,33,34)/t23-,26-,28?/m0/s1. The van der Waals surface area contributed by atoms with Crippen molar-refractivity contribution in [1.82, 2.24) is 4.90 Å². The largest absolute Gasteiger partial charge is 0.481 e. The van der Waals surface area contributed by atoms with Gasteiger partial charge in [0.25, 0.3) is 0 Å². The third-order valence-corrected chi connectivity index (χ3v) is 7.40. The van der Waals surface area contributed by atoms with E-state index >= 15 is 0 Å². The fourth-order valence-electron chi connectivity index (χ4n) is 4.86. The SMILES string of the molecule is N#Cc1ccc(-c2ccc(C(O)[C@@H]3C[C@@H](CC(=O)O)C(=O)N3CCCc3ccccc3)c(Br)c2)cc1. The second kappa shape index (κ2) is 11.5. The zero-order chi connectivity index (χ0) is 25.7. The minimum atomic E-state index is -1.01. The van der Waals surface area contributed by atoms with Gasteiger partial charge in [-0.05, 0) is 59.7 Å². The lowest BCUT2D eigenvalue weighted by molar-refractivity contribution is -0.142. The van der Waals surface area contributed by atoms with E-state index in [9.17, 15) is 19.8 Å². The molecule has 0 aliphatic carbocycles. The summed E-state index contributed by atoms with van der Waals surface area (Å²) in [6, 6.07) is 24.5. The number of aryl methyl sites for hydroxylation is 1. The molecule has 0 saturated carbocycles. The normalized spacial score (nSPS) is 18.1. The molecule has 3 aromatic rings. The van der Waals surface area contributed by atoms with Gasteiger partial charge in [-0.3, -0.25) is 9.59 Å². The highest BCUT2D eigenvalue weighted by molar-refractivity contribution is 9.10. The molecule has 1 amide bonds. The Hall–Kier alpha value is -3.47. The summed E-state index contributed by atoms with van der Waals surface area (Å²) in [5.41, 5.74) is 4.27. The number of likely N-dealkylation sites (tertiary alicyclic amines) is 1. The summed E-state index contributed by atoms with van der Waals surface area (Å²) >= 11 is 3.58. The van der Waals surface area contributed by atoms with Crippen molar-refractivity contribution in [2.75, 3.05) is 6.54 Å². The Morgan fingerprint density at radius 1 is 1.08 bits per heavy atom. The first-order valence-electron chi connectivity index (χ1n) is 11.9. The maximum absolute atomic E-state index is 13.1. The molecule has 184 valence electrons. The van der Waals surface area contributed by atoms with Crippen LogP contribution in [0, 0.1) is 17.2 Å². The number of aliphatic carboxylic acids is 1. The molecule has 3 atom stereocenters. The average Bonchev–Trinajstić information content (AvgIpc) is 3.18. The van der Waals surface area contributed by atoms with Gasteiger partial charge in [0, 0.05) is 11.0 Å². The maximum Gasteiger partial charge on any atom is 0.304 e. The number of hydrogen-bond donors (Lipinski definition) is 2. The number of carbonyl (C=O) groups is 2. The molecule has 0 aromatic heterocycles. The quantitative estimate of drug-likeness (QED) is 0.376. The lowest BCUT2D eigenvalue weighted by atomic mass is 9.94. The Morgan fingerprint density at radius 2 is 1.78 bits per heavy atom. The van der Waals surface area contributed by atoms with Gasteiger partial charge in [0.15, 0.2) is 0 Å². The van der Waals surface area contributed by atoms with E-state index in [4.69, 9.17) is 5.26 Å². The zero-order valence-corrected chi connectivity index (χ0v) is 21.3. The van der Waals surface area contributed by atoms with Crippen molar-refractivity contribution >= 4 is 27.8 Å². The molecule has 1 aliphatic heterocycles. The number of carbonyl (C=O) groups excluding carboxylic acids is 1. The van der Waals surface area contributed by atoms with Crippen LogP contribution in [0.3, 0.4) is 0 Å². The fourth-order valence-corrected chi connectivity index (χ4v) is 5.48. The van der Waals surface area contributed by atoms with Crippen LogP contribution in [0.25, 0.3) is 11.1 Å². The molecule has 1 saturated heterocycles. The van der Waals surface area contributed by atoms with Gasteiger partial charge < -0.3 is 15.1 Å². The van der Waals surface area contributed by atoms with Gasteiger partial charge in [-0.15, -0.1) is 0 Å². The first kappa shape index (κ1) is 25.6. The highest BCUT2D eigenvalue weighted by atomic mass is 79.9. The molecule has 1 aliphatic rings. The number of rotatable bonds is 9. The summed E-state index contributed by atoms with van der Waals surface area (Å²) in [5.74, 6) is -1.86. The van der Waals surface area contributed by atoms with Crippen LogP contribution in [0.4, 0.5) is 0 Å². The van der Waals surface area contributed by atoms with E-state index in [1.807, 2.05) is 60.7 Å². The molecule has 3 aromatic carbocycles. The summed E-state index contributed by atoms with van der Waals surface area (Å²) in [7, 11) is 0. The molecule has 36 heavy (non-hydrogen) atoms. The van der Waals surface area contributed by atoms with Crippen LogP contribution in [0.15, 0.2) is 77.3 Å². The second-order valence-electron chi connectivity index (χ2n) is 9.09. The Kier molecular flexibility index (Phi) is 8.19. The Labute approximate surface area is 218 Å². The Morgan fingerprint density at radius 3 is 2.42 bits per heavy atom. The van der Waals surface area contributed by atoms with E-state index in [1.165, 1.54) is 5.56 Å². The zero-order valence-electron chi connectivity index (χ0n) is 19.7. The molecule has 0 spiro atoms. The van der Waals surface area contributed by atoms with Gasteiger partial charge >= 0.3 is 5.97 Å². The van der Waals surface area contributed by atoms with Crippen LogP contribution < -0.4 is 0 Å². The molecule has 1 heterocycles. The van der Waals surface area contributed by atoms with E-state index in [1.54, 1.807) is 17.0 Å². The molecular weight excluding hydrogens is 520 g/mol. The van der Waals surface area contributed by atoms with Crippen molar-refractivity contribution in [3.63, 3.8) is 0 Å². The summed E-state index contributed by atoms with van der Waals surface area (Å²) in [5, 5.41) is 29.7. The summed E-state index contributed by atoms with van der Waals surface area (Å²) in [6.45, 7) is 0.451. The second-order valence-corrected chi connectivity index (χ2v) is 9.94. The van der Waals surface area contributed by atoms with Crippen molar-refractivity contribution in [3.8, 4) is 17.2 Å². The molecule has 0 radical (unpaired) electrons. The van der Waals surface area contributed by atoms with Crippen molar-refractivity contribution in [2.24, 2.45) is 5.92 Å². The minimum absolute atomic E-state index is 0.208. The summed E-state index contributed by atoms with van der Waals surface area (Å²) < 4.78 is 0.704. The van der Waals surface area contributed by atoms with Crippen molar-refractivity contribution in [2.45, 2.75) is 37.8 Å². The smallest absolute Gasteiger partial charge is 0.304 e. The predicted molar refractivity (Wildman–Crippen MR) is 140 cm³/mol. The van der Waals surface area contributed by atoms with Gasteiger partial charge in [-0.1, -0.05) is 70.5 Å². The molecule has 7 heteroatoms. The lowest BCUT2D eigenvalue weighted by Gasteiger charge is -2.29. The highest BCUT2D eigenvalue weighted by Crippen LogP contribution is 2.38. The van der Waals surface area contributed by atoms with E-state index < -0.39 is 24.0 Å². The third-order valence-electron chi connectivity index (χ3n) is 6.72. The van der Waals surface area contributed by atoms with Gasteiger partial charge in [-0.25, -0.2) is 0 Å². The first-order chi connectivity index (χ1) is 17.4. The minimum Gasteiger partial charge on any atom is -0.481 e. The highest BCUT2D eigenvalue weighted by Gasteiger charge is 2.43. The van der Waals surface area contributed by atoms with Crippen LogP contribution in [0.5, 0.6) is 0 Å². The van der Waals surface area contributed by atoms with Crippen LogP contribution in [0.2, 0.25) is 0 Å². The van der Waals surface area contributed by atoms with E-state index in [2.05, 4.69) is 22.0 Å². The predicted octanol–water partition coefficient (Wildman–Crippen LogP) is 5.35. The monoisotopic (exact) mass is 546 g/mol. The molecule has 6 nitrogen and oxygen atoms in total. The number of benzene rings is 3. The van der Waals surface area contributed by atoms with Crippen LogP contribution in [-0.2, 0) is 16.0 Å². The number of carboxylic acid groups (broad SMARTS) is 1. The van der Waals surface area contributed by atoms with E-state index in [-0.39, 0.29) is 12.3 Å².